The largest absolute Gasteiger partial charge is 0.493 e. The van der Waals surface area contributed by atoms with Gasteiger partial charge < -0.3 is 20.1 Å². The first-order valence-corrected chi connectivity index (χ1v) is 7.53. The van der Waals surface area contributed by atoms with Crippen LogP contribution in [-0.4, -0.2) is 25.5 Å². The van der Waals surface area contributed by atoms with Gasteiger partial charge in [0.1, 0.15) is 0 Å². The minimum absolute atomic E-state index is 0.172. The van der Waals surface area contributed by atoms with Crippen molar-refractivity contribution in [3.8, 4) is 11.5 Å². The third kappa shape index (κ3) is 4.49. The van der Waals surface area contributed by atoms with Gasteiger partial charge in [-0.1, -0.05) is 6.07 Å². The predicted octanol–water partition coefficient (Wildman–Crippen LogP) is 3.30. The average molecular weight is 328 g/mol. The van der Waals surface area contributed by atoms with Gasteiger partial charge in [0.05, 0.1) is 13.7 Å². The Labute approximate surface area is 140 Å². The number of anilines is 2. The second kappa shape index (κ2) is 8.01. The maximum absolute atomic E-state index is 12.4. The van der Waals surface area contributed by atoms with Crippen LogP contribution in [0.2, 0.25) is 0 Å². The van der Waals surface area contributed by atoms with E-state index in [4.69, 9.17) is 9.47 Å². The van der Waals surface area contributed by atoms with Crippen molar-refractivity contribution in [2.75, 3.05) is 24.4 Å². The van der Waals surface area contributed by atoms with Crippen LogP contribution < -0.4 is 20.1 Å². The number of hydrogen-bond acceptors (Lipinski definition) is 4. The number of carbonyl (C=O) groups is 2. The Morgan fingerprint density at radius 3 is 2.33 bits per heavy atom. The highest BCUT2D eigenvalue weighted by molar-refractivity contribution is 6.05. The molecular weight excluding hydrogens is 308 g/mol. The van der Waals surface area contributed by atoms with E-state index in [0.29, 0.717) is 35.0 Å². The molecule has 0 aromatic heterocycles. The highest BCUT2D eigenvalue weighted by Gasteiger charge is 2.11. The lowest BCUT2D eigenvalue weighted by Gasteiger charge is -2.11. The standard InChI is InChI=1S/C18H20N2O4/c1-4-24-16-9-8-13(10-17(16)23-3)18(22)20-15-7-5-6-14(11-15)19-12(2)21/h5-11H,4H2,1-3H3,(H,19,21)(H,20,22). The van der Waals surface area contributed by atoms with Crippen molar-refractivity contribution in [2.24, 2.45) is 0 Å². The van der Waals surface area contributed by atoms with Crippen LogP contribution in [0.15, 0.2) is 42.5 Å². The fourth-order valence-electron chi connectivity index (χ4n) is 2.16. The maximum Gasteiger partial charge on any atom is 0.255 e. The molecule has 0 unspecified atom stereocenters. The second-order valence-corrected chi connectivity index (χ2v) is 5.01. The summed E-state index contributed by atoms with van der Waals surface area (Å²) in [7, 11) is 1.52. The molecule has 6 heteroatoms. The molecule has 0 aliphatic carbocycles. The van der Waals surface area contributed by atoms with Gasteiger partial charge in [0, 0.05) is 23.9 Å². The zero-order valence-corrected chi connectivity index (χ0v) is 13.9. The number of amides is 2. The number of rotatable bonds is 6. The fourth-order valence-corrected chi connectivity index (χ4v) is 2.16. The van der Waals surface area contributed by atoms with Gasteiger partial charge >= 0.3 is 0 Å². The number of benzene rings is 2. The molecule has 2 N–H and O–H groups in total. The first kappa shape index (κ1) is 17.3. The zero-order chi connectivity index (χ0) is 17.5. The summed E-state index contributed by atoms with van der Waals surface area (Å²) in [5.74, 6) is 0.631. The van der Waals surface area contributed by atoms with E-state index in [9.17, 15) is 9.59 Å². The first-order valence-electron chi connectivity index (χ1n) is 7.53. The zero-order valence-electron chi connectivity index (χ0n) is 13.9. The molecule has 0 radical (unpaired) electrons. The van der Waals surface area contributed by atoms with Crippen LogP contribution in [0.4, 0.5) is 11.4 Å². The molecule has 0 atom stereocenters. The molecule has 0 spiro atoms. The summed E-state index contributed by atoms with van der Waals surface area (Å²) < 4.78 is 10.7. The lowest BCUT2D eigenvalue weighted by Crippen LogP contribution is -2.13. The van der Waals surface area contributed by atoms with Crippen molar-refractivity contribution >= 4 is 23.2 Å². The summed E-state index contributed by atoms with van der Waals surface area (Å²) in [6, 6.07) is 11.9. The van der Waals surface area contributed by atoms with E-state index in [-0.39, 0.29) is 11.8 Å². The van der Waals surface area contributed by atoms with E-state index in [1.807, 2.05) is 6.92 Å². The summed E-state index contributed by atoms with van der Waals surface area (Å²) in [6.45, 7) is 3.82. The van der Waals surface area contributed by atoms with Gasteiger partial charge in [-0.3, -0.25) is 9.59 Å². The molecule has 126 valence electrons. The Morgan fingerprint density at radius 1 is 1.00 bits per heavy atom. The van der Waals surface area contributed by atoms with E-state index in [2.05, 4.69) is 10.6 Å². The Hall–Kier alpha value is -3.02. The van der Waals surface area contributed by atoms with Gasteiger partial charge in [-0.05, 0) is 43.3 Å². The molecule has 0 aliphatic heterocycles. The van der Waals surface area contributed by atoms with Crippen molar-refractivity contribution in [1.29, 1.82) is 0 Å². The van der Waals surface area contributed by atoms with Crippen molar-refractivity contribution in [2.45, 2.75) is 13.8 Å². The van der Waals surface area contributed by atoms with Gasteiger partial charge in [0.25, 0.3) is 5.91 Å². The molecule has 24 heavy (non-hydrogen) atoms. The molecule has 2 aromatic rings. The second-order valence-electron chi connectivity index (χ2n) is 5.01. The van der Waals surface area contributed by atoms with Crippen LogP contribution in [0.25, 0.3) is 0 Å². The normalized spacial score (nSPS) is 9.96. The molecule has 0 bridgehead atoms. The number of ether oxygens (including phenoxy) is 2. The monoisotopic (exact) mass is 328 g/mol. The van der Waals surface area contributed by atoms with E-state index < -0.39 is 0 Å². The summed E-state index contributed by atoms with van der Waals surface area (Å²) in [5.41, 5.74) is 1.64. The van der Waals surface area contributed by atoms with Crippen LogP contribution >= 0.6 is 0 Å². The summed E-state index contributed by atoms with van der Waals surface area (Å²) >= 11 is 0. The van der Waals surface area contributed by atoms with Crippen molar-refractivity contribution < 1.29 is 19.1 Å². The van der Waals surface area contributed by atoms with Crippen LogP contribution in [0.3, 0.4) is 0 Å². The Kier molecular flexibility index (Phi) is 5.78. The fraction of sp³-hybridized carbons (Fsp3) is 0.222. The smallest absolute Gasteiger partial charge is 0.255 e. The topological polar surface area (TPSA) is 76.7 Å². The van der Waals surface area contributed by atoms with Crippen LogP contribution in [0.1, 0.15) is 24.2 Å². The van der Waals surface area contributed by atoms with Crippen molar-refractivity contribution in [3.63, 3.8) is 0 Å². The highest BCUT2D eigenvalue weighted by atomic mass is 16.5. The lowest BCUT2D eigenvalue weighted by atomic mass is 10.1. The third-order valence-electron chi connectivity index (χ3n) is 3.17. The Morgan fingerprint density at radius 2 is 1.71 bits per heavy atom. The molecule has 0 fully saturated rings. The molecule has 6 nitrogen and oxygen atoms in total. The predicted molar refractivity (Wildman–Crippen MR) is 92.9 cm³/mol. The summed E-state index contributed by atoms with van der Waals surface area (Å²) in [4.78, 5) is 23.5. The molecule has 2 rings (SSSR count). The van der Waals surface area contributed by atoms with Gasteiger partial charge in [0.2, 0.25) is 5.91 Å². The lowest BCUT2D eigenvalue weighted by molar-refractivity contribution is -0.114. The molecule has 2 aromatic carbocycles. The number of hydrogen-bond donors (Lipinski definition) is 2. The average Bonchev–Trinajstić information content (AvgIpc) is 2.55. The van der Waals surface area contributed by atoms with Crippen molar-refractivity contribution in [1.82, 2.24) is 0 Å². The third-order valence-corrected chi connectivity index (χ3v) is 3.17. The first-order chi connectivity index (χ1) is 11.5. The number of nitrogens with one attached hydrogen (secondary N) is 2. The van der Waals surface area contributed by atoms with E-state index in [0.717, 1.165) is 0 Å². The summed E-state index contributed by atoms with van der Waals surface area (Å²) in [5, 5.41) is 5.46. The van der Waals surface area contributed by atoms with Crippen LogP contribution in [-0.2, 0) is 4.79 Å². The van der Waals surface area contributed by atoms with Crippen LogP contribution in [0.5, 0.6) is 11.5 Å². The highest BCUT2D eigenvalue weighted by Crippen LogP contribution is 2.28. The van der Waals surface area contributed by atoms with Gasteiger partial charge in [-0.25, -0.2) is 0 Å². The maximum atomic E-state index is 12.4. The quantitative estimate of drug-likeness (QED) is 0.853. The van der Waals surface area contributed by atoms with E-state index in [1.54, 1.807) is 42.5 Å². The molecule has 0 saturated heterocycles. The van der Waals surface area contributed by atoms with Gasteiger partial charge in [0.15, 0.2) is 11.5 Å². The molecule has 0 saturated carbocycles. The number of carbonyl (C=O) groups excluding carboxylic acids is 2. The Bertz CT molecular complexity index is 744. The minimum atomic E-state index is -0.281. The SMILES string of the molecule is CCOc1ccc(C(=O)Nc2cccc(NC(C)=O)c2)cc1OC. The van der Waals surface area contributed by atoms with E-state index >= 15 is 0 Å². The molecule has 2 amide bonds. The number of methoxy groups -OCH3 is 1. The minimum Gasteiger partial charge on any atom is -0.493 e. The van der Waals surface area contributed by atoms with Gasteiger partial charge in [-0.2, -0.15) is 0 Å². The van der Waals surface area contributed by atoms with Crippen LogP contribution in [0, 0.1) is 0 Å². The molecule has 0 heterocycles. The Balaban J connectivity index is 2.16. The van der Waals surface area contributed by atoms with Crippen molar-refractivity contribution in [3.05, 3.63) is 48.0 Å². The molecular formula is C18H20N2O4. The van der Waals surface area contributed by atoms with Gasteiger partial charge in [-0.15, -0.1) is 0 Å². The summed E-state index contributed by atoms with van der Waals surface area (Å²) in [6.07, 6.45) is 0. The van der Waals surface area contributed by atoms with E-state index in [1.165, 1.54) is 14.0 Å². The molecule has 0 aliphatic rings.